The Bertz CT molecular complexity index is 663. The summed E-state index contributed by atoms with van der Waals surface area (Å²) in [6.07, 6.45) is 5.80. The lowest BCUT2D eigenvalue weighted by Gasteiger charge is -2.24. The Morgan fingerprint density at radius 3 is 2.93 bits per heavy atom. The van der Waals surface area contributed by atoms with Gasteiger partial charge in [0.25, 0.3) is 0 Å². The van der Waals surface area contributed by atoms with Crippen LogP contribution in [-0.2, 0) is 9.53 Å². The predicted octanol–water partition coefficient (Wildman–Crippen LogP) is 3.53. The van der Waals surface area contributed by atoms with Crippen LogP contribution in [0, 0.1) is 5.92 Å². The van der Waals surface area contributed by atoms with E-state index in [4.69, 9.17) is 9.84 Å². The Balaban J connectivity index is 1.77. The van der Waals surface area contributed by atoms with E-state index in [-0.39, 0.29) is 18.6 Å². The van der Waals surface area contributed by atoms with E-state index in [0.29, 0.717) is 37.5 Å². The van der Waals surface area contributed by atoms with E-state index < -0.39 is 5.60 Å². The maximum absolute atomic E-state index is 12.4. The molecule has 1 fully saturated rings. The van der Waals surface area contributed by atoms with E-state index in [1.54, 1.807) is 29.1 Å². The molecule has 0 bridgehead atoms. The third-order valence-corrected chi connectivity index (χ3v) is 5.49. The lowest BCUT2D eigenvalue weighted by molar-refractivity contribution is -0.116. The van der Waals surface area contributed by atoms with Crippen molar-refractivity contribution in [3.63, 3.8) is 0 Å². The largest absolute Gasteiger partial charge is 0.444 e. The highest BCUT2D eigenvalue weighted by Crippen LogP contribution is 2.27. The van der Waals surface area contributed by atoms with E-state index in [2.05, 4.69) is 10.3 Å². The van der Waals surface area contributed by atoms with E-state index in [9.17, 15) is 9.59 Å². The zero-order chi connectivity index (χ0) is 20.6. The van der Waals surface area contributed by atoms with Crippen LogP contribution in [0.1, 0.15) is 46.5 Å². The minimum atomic E-state index is -0.494. The standard InChI is InChI=1S/C20H31N3O4S/c1-20(2,3)27-19(26)23-10-8-15(14-23)5-6-18(25)22-16-13-21-9-7-17(16)28-12-4-11-24/h7,9,13,15,24H,4-6,8,10-12,14H2,1-3H3,(H,22,25)/t15-/m1/s1. The number of anilines is 1. The number of hydrogen-bond acceptors (Lipinski definition) is 6. The van der Waals surface area contributed by atoms with E-state index in [0.717, 1.165) is 23.5 Å². The molecule has 0 spiro atoms. The van der Waals surface area contributed by atoms with E-state index in [1.807, 2.05) is 26.8 Å². The van der Waals surface area contributed by atoms with Gasteiger partial charge in [-0.25, -0.2) is 4.79 Å². The summed E-state index contributed by atoms with van der Waals surface area (Å²) in [6, 6.07) is 1.87. The predicted molar refractivity (Wildman–Crippen MR) is 110 cm³/mol. The van der Waals surface area contributed by atoms with Crippen molar-refractivity contribution in [2.24, 2.45) is 5.92 Å². The number of aliphatic hydroxyl groups is 1. The molecule has 2 rings (SSSR count). The Hall–Kier alpha value is -1.80. The summed E-state index contributed by atoms with van der Waals surface area (Å²) in [6.45, 7) is 7.04. The quantitative estimate of drug-likeness (QED) is 0.504. The number of likely N-dealkylation sites (tertiary alicyclic amines) is 1. The highest BCUT2D eigenvalue weighted by Gasteiger charge is 2.29. The van der Waals surface area contributed by atoms with Gasteiger partial charge in [-0.3, -0.25) is 9.78 Å². The fraction of sp³-hybridized carbons (Fsp3) is 0.650. The van der Waals surface area contributed by atoms with Crippen LogP contribution < -0.4 is 5.32 Å². The molecule has 0 aliphatic carbocycles. The van der Waals surface area contributed by atoms with E-state index in [1.165, 1.54) is 0 Å². The first-order chi connectivity index (χ1) is 13.3. The van der Waals surface area contributed by atoms with Crippen LogP contribution in [0.4, 0.5) is 10.5 Å². The summed E-state index contributed by atoms with van der Waals surface area (Å²) in [5.74, 6) is 1.05. The summed E-state index contributed by atoms with van der Waals surface area (Å²) in [4.78, 5) is 31.3. The number of amides is 2. The molecule has 2 N–H and O–H groups in total. The lowest BCUT2D eigenvalue weighted by atomic mass is 10.0. The molecule has 0 radical (unpaired) electrons. The maximum Gasteiger partial charge on any atom is 0.410 e. The van der Waals surface area contributed by atoms with Gasteiger partial charge in [-0.1, -0.05) is 0 Å². The van der Waals surface area contributed by atoms with Crippen molar-refractivity contribution in [2.45, 2.75) is 57.0 Å². The molecular weight excluding hydrogens is 378 g/mol. The number of thioether (sulfide) groups is 1. The molecule has 1 aliphatic rings. The number of carbonyl (C=O) groups is 2. The van der Waals surface area contributed by atoms with Gasteiger partial charge in [0, 0.05) is 43.0 Å². The zero-order valence-electron chi connectivity index (χ0n) is 16.9. The SMILES string of the molecule is CC(C)(C)OC(=O)N1CC[C@@H](CCC(=O)Nc2cnccc2SCCCO)C1. The average molecular weight is 410 g/mol. The summed E-state index contributed by atoms with van der Waals surface area (Å²) in [7, 11) is 0. The first kappa shape index (κ1) is 22.5. The number of rotatable bonds is 8. The molecule has 156 valence electrons. The molecule has 1 atom stereocenters. The van der Waals surface area contributed by atoms with Gasteiger partial charge in [0.15, 0.2) is 0 Å². The molecule has 0 unspecified atom stereocenters. The minimum Gasteiger partial charge on any atom is -0.444 e. The zero-order valence-corrected chi connectivity index (χ0v) is 17.8. The number of nitrogens with zero attached hydrogens (tertiary/aromatic N) is 2. The second-order valence-corrected chi connectivity index (χ2v) is 9.10. The molecular formula is C20H31N3O4S. The molecule has 8 heteroatoms. The monoisotopic (exact) mass is 409 g/mol. The minimum absolute atomic E-state index is 0.0484. The van der Waals surface area contributed by atoms with Crippen molar-refractivity contribution in [2.75, 3.05) is 30.8 Å². The second kappa shape index (κ2) is 10.7. The van der Waals surface area contributed by atoms with Gasteiger partial charge in [0.05, 0.1) is 11.9 Å². The topological polar surface area (TPSA) is 91.8 Å². The average Bonchev–Trinajstić information content (AvgIpc) is 3.09. The maximum atomic E-state index is 12.4. The van der Waals surface area contributed by atoms with Crippen LogP contribution in [0.2, 0.25) is 0 Å². The summed E-state index contributed by atoms with van der Waals surface area (Å²) < 4.78 is 5.41. The van der Waals surface area contributed by atoms with Crippen molar-refractivity contribution >= 4 is 29.4 Å². The van der Waals surface area contributed by atoms with Gasteiger partial charge in [-0.05, 0) is 52.0 Å². The number of nitrogens with one attached hydrogen (secondary N) is 1. The summed E-state index contributed by atoms with van der Waals surface area (Å²) in [5, 5.41) is 11.8. The number of carbonyl (C=O) groups excluding carboxylic acids is 2. The van der Waals surface area contributed by atoms with Crippen molar-refractivity contribution in [3.8, 4) is 0 Å². The summed E-state index contributed by atoms with van der Waals surface area (Å²) in [5.41, 5.74) is 0.211. The van der Waals surface area contributed by atoms with Gasteiger partial charge in [-0.2, -0.15) is 0 Å². The highest BCUT2D eigenvalue weighted by atomic mass is 32.2. The number of hydrogen-bond donors (Lipinski definition) is 2. The second-order valence-electron chi connectivity index (χ2n) is 7.97. The van der Waals surface area contributed by atoms with Gasteiger partial charge in [0.2, 0.25) is 5.91 Å². The van der Waals surface area contributed by atoms with Gasteiger partial charge in [-0.15, -0.1) is 11.8 Å². The third-order valence-electron chi connectivity index (χ3n) is 4.33. The van der Waals surface area contributed by atoms with Crippen LogP contribution in [0.15, 0.2) is 23.4 Å². The van der Waals surface area contributed by atoms with Crippen LogP contribution in [0.25, 0.3) is 0 Å². The van der Waals surface area contributed by atoms with Gasteiger partial charge < -0.3 is 20.1 Å². The molecule has 7 nitrogen and oxygen atoms in total. The molecule has 1 aromatic rings. The fourth-order valence-corrected chi connectivity index (χ4v) is 3.87. The Morgan fingerprint density at radius 1 is 1.43 bits per heavy atom. The smallest absolute Gasteiger partial charge is 0.410 e. The molecule has 0 saturated carbocycles. The molecule has 0 aromatic carbocycles. The van der Waals surface area contributed by atoms with Crippen molar-refractivity contribution in [1.29, 1.82) is 0 Å². The molecule has 1 aliphatic heterocycles. The van der Waals surface area contributed by atoms with Crippen molar-refractivity contribution < 1.29 is 19.4 Å². The van der Waals surface area contributed by atoms with Crippen LogP contribution in [0.5, 0.6) is 0 Å². The molecule has 1 saturated heterocycles. The van der Waals surface area contributed by atoms with Crippen LogP contribution in [0.3, 0.4) is 0 Å². The Kier molecular flexibility index (Phi) is 8.57. The first-order valence-electron chi connectivity index (χ1n) is 9.74. The molecule has 28 heavy (non-hydrogen) atoms. The molecule has 2 heterocycles. The summed E-state index contributed by atoms with van der Waals surface area (Å²) >= 11 is 1.59. The Labute approximate surface area is 171 Å². The molecule has 2 amide bonds. The number of ether oxygens (including phenoxy) is 1. The highest BCUT2D eigenvalue weighted by molar-refractivity contribution is 7.99. The molecule has 1 aromatic heterocycles. The fourth-order valence-electron chi connectivity index (χ4n) is 2.96. The van der Waals surface area contributed by atoms with Crippen molar-refractivity contribution in [1.82, 2.24) is 9.88 Å². The Morgan fingerprint density at radius 2 is 2.21 bits per heavy atom. The van der Waals surface area contributed by atoms with Crippen LogP contribution in [-0.4, -0.2) is 58.0 Å². The van der Waals surface area contributed by atoms with Gasteiger partial charge in [0.1, 0.15) is 5.60 Å². The van der Waals surface area contributed by atoms with Crippen LogP contribution >= 0.6 is 11.8 Å². The lowest BCUT2D eigenvalue weighted by Crippen LogP contribution is -2.35. The number of pyridine rings is 1. The third kappa shape index (κ3) is 7.67. The van der Waals surface area contributed by atoms with Gasteiger partial charge >= 0.3 is 6.09 Å². The van der Waals surface area contributed by atoms with E-state index >= 15 is 0 Å². The van der Waals surface area contributed by atoms with Crippen molar-refractivity contribution in [3.05, 3.63) is 18.5 Å². The number of aromatic nitrogens is 1. The first-order valence-corrected chi connectivity index (χ1v) is 10.7. The number of aliphatic hydroxyl groups excluding tert-OH is 1. The normalized spacial score (nSPS) is 16.9.